The maximum absolute atomic E-state index is 10.6. The summed E-state index contributed by atoms with van der Waals surface area (Å²) in [6.45, 7) is 20.7. The lowest BCUT2D eigenvalue weighted by atomic mass is 9.98. The first-order valence-corrected chi connectivity index (χ1v) is 17.0. The summed E-state index contributed by atoms with van der Waals surface area (Å²) in [7, 11) is 0.422. The number of unbranched alkanes of at least 4 members (excludes halogenated alkanes) is 3. The molecule has 4 heteroatoms. The topological polar surface area (TPSA) is 37.3 Å². The van der Waals surface area contributed by atoms with Gasteiger partial charge in [0.25, 0.3) is 0 Å². The van der Waals surface area contributed by atoms with Crippen LogP contribution in [0.3, 0.4) is 0 Å². The van der Waals surface area contributed by atoms with Crippen molar-refractivity contribution in [1.29, 1.82) is 0 Å². The van der Waals surface area contributed by atoms with E-state index in [2.05, 4.69) is 85.7 Å². The number of carboxylic acids is 1. The van der Waals surface area contributed by atoms with E-state index < -0.39 is 5.97 Å². The second kappa shape index (κ2) is 46.9. The smallest absolute Gasteiger partial charge is 0.335 e. The predicted octanol–water partition coefficient (Wildman–Crippen LogP) is 12.6. The van der Waals surface area contributed by atoms with Crippen LogP contribution in [0.2, 0.25) is 0 Å². The maximum atomic E-state index is 10.6. The molecule has 45 heavy (non-hydrogen) atoms. The van der Waals surface area contributed by atoms with Gasteiger partial charge in [-0.1, -0.05) is 155 Å². The van der Waals surface area contributed by atoms with Crippen LogP contribution in [0, 0.1) is 6.92 Å². The van der Waals surface area contributed by atoms with Gasteiger partial charge in [-0.2, -0.15) is 0 Å². The molecule has 0 spiro atoms. The quantitative estimate of drug-likeness (QED) is 0.160. The molecule has 2 atom stereocenters. The fourth-order valence-corrected chi connectivity index (χ4v) is 6.65. The molecular weight excluding hydrogens is 591 g/mol. The molecule has 0 saturated heterocycles. The Kier molecular flexibility index (Phi) is 68.8. The van der Waals surface area contributed by atoms with E-state index in [1.165, 1.54) is 56.1 Å². The number of hydrogen-bond donors (Lipinski definition) is 1. The highest BCUT2D eigenvalue weighted by molar-refractivity contribution is 7.57. The highest BCUT2D eigenvalue weighted by atomic mass is 35.5. The van der Waals surface area contributed by atoms with Crippen LogP contribution in [0.25, 0.3) is 0 Å². The van der Waals surface area contributed by atoms with Gasteiger partial charge in [-0.3, -0.25) is 0 Å². The van der Waals surface area contributed by atoms with Gasteiger partial charge in [0.15, 0.2) is 0 Å². The summed E-state index contributed by atoms with van der Waals surface area (Å²) in [4.78, 5) is 10.6. The van der Waals surface area contributed by atoms with Crippen molar-refractivity contribution in [3.05, 3.63) is 78.2 Å². The summed E-state index contributed by atoms with van der Waals surface area (Å²) < 4.78 is 0. The molecule has 2 unspecified atom stereocenters. The molecule has 2 nitrogen and oxygen atoms in total. The van der Waals surface area contributed by atoms with Crippen molar-refractivity contribution < 1.29 is 22.3 Å². The summed E-state index contributed by atoms with van der Waals surface area (Å²) in [6, 6.07) is 17.7. The molecule has 0 saturated carbocycles. The van der Waals surface area contributed by atoms with E-state index in [1.54, 1.807) is 37.5 Å². The Balaban J connectivity index is -0.0000000561. The van der Waals surface area contributed by atoms with Gasteiger partial charge >= 0.3 is 5.97 Å². The van der Waals surface area contributed by atoms with Crippen molar-refractivity contribution in [2.45, 2.75) is 163 Å². The predicted molar refractivity (Wildman–Crippen MR) is 215 cm³/mol. The number of carbonyl (C=O) groups is 1. The minimum atomic E-state index is -0.865. The minimum Gasteiger partial charge on any atom is -1.00 e. The van der Waals surface area contributed by atoms with E-state index in [9.17, 15) is 4.79 Å². The summed E-state index contributed by atoms with van der Waals surface area (Å²) in [5.41, 5.74) is 3.00. The summed E-state index contributed by atoms with van der Waals surface area (Å²) >= 11 is 0. The summed E-state index contributed by atoms with van der Waals surface area (Å²) in [5.74, 6) is 0.347. The Bertz CT molecular complexity index is 746. The Hall–Kier alpha value is -1.50. The van der Waals surface area contributed by atoms with E-state index in [-0.39, 0.29) is 57.0 Å². The highest BCUT2D eigenvalue weighted by Crippen LogP contribution is 2.38. The molecule has 0 aliphatic rings. The van der Waals surface area contributed by atoms with Gasteiger partial charge in [0, 0.05) is 0 Å². The van der Waals surface area contributed by atoms with Crippen LogP contribution in [-0.4, -0.2) is 29.6 Å². The first kappa shape index (κ1) is 66.0. The summed E-state index contributed by atoms with van der Waals surface area (Å²) in [5, 5.41) is 8.67. The van der Waals surface area contributed by atoms with Crippen LogP contribution < -0.4 is 12.4 Å². The molecule has 1 N–H and O–H groups in total. The Morgan fingerprint density at radius 2 is 0.933 bits per heavy atom. The molecule has 272 valence electrons. The lowest BCUT2D eigenvalue weighted by Crippen LogP contribution is -3.00. The second-order valence-electron chi connectivity index (χ2n) is 9.86. The number of carboxylic acid groups (broad SMARTS) is 1. The first-order chi connectivity index (χ1) is 18.3. The minimum absolute atomic E-state index is 0. The average Bonchev–Trinajstić information content (AvgIpc) is 2.98. The van der Waals surface area contributed by atoms with Crippen molar-refractivity contribution in [3.8, 4) is 0 Å². The van der Waals surface area contributed by atoms with E-state index in [0.29, 0.717) is 25.3 Å². The number of rotatable bonds is 14. The van der Waals surface area contributed by atoms with Crippen molar-refractivity contribution >= 4 is 13.9 Å². The highest BCUT2D eigenvalue weighted by Gasteiger charge is 2.06. The first-order valence-electron chi connectivity index (χ1n) is 15.1. The zero-order chi connectivity index (χ0) is 29.2. The Labute approximate surface area is 295 Å². The zero-order valence-corrected chi connectivity index (χ0v) is 28.2. The third-order valence-corrected chi connectivity index (χ3v) is 9.65. The van der Waals surface area contributed by atoms with Gasteiger partial charge < -0.3 is 17.5 Å². The van der Waals surface area contributed by atoms with E-state index in [1.807, 2.05) is 12.1 Å². The van der Waals surface area contributed by atoms with Crippen LogP contribution in [0.4, 0.5) is 0 Å². The van der Waals surface area contributed by atoms with Crippen molar-refractivity contribution in [2.75, 3.05) is 18.5 Å². The third-order valence-electron chi connectivity index (χ3n) is 6.80. The van der Waals surface area contributed by atoms with Gasteiger partial charge in [0.1, 0.15) is 0 Å². The van der Waals surface area contributed by atoms with Gasteiger partial charge in [-0.25, -0.2) is 4.79 Å². The molecular formula is C41H84ClO2P. The number of hydrogen-bond acceptors (Lipinski definition) is 1. The standard InChI is InChI=1S/C12H27P.C11H14O2.C10H14.C2H5.6CH4.ClH/c1-4-7-10-13(11-8-5-2)12-9-6-3;1-3-8(2)9-4-6-10(7-5-9)11(12)13;1-3-9(2)10-7-5-4-6-8-10;1-2;;;;;;;/h4-12H2,1-3H3;4-8H,3H2,1-2H3,(H,12,13);4-9H,3H2,1-2H3;1H2,2H3;6*1H4;1H/q;;;+1;;;;;;;/p-1. The molecule has 0 radical (unpaired) electrons. The number of halogens is 1. The lowest BCUT2D eigenvalue weighted by molar-refractivity contribution is -0.0000261. The normalized spacial score (nSPS) is 9.80. The molecule has 0 aliphatic heterocycles. The van der Waals surface area contributed by atoms with E-state index in [4.69, 9.17) is 5.11 Å². The molecule has 2 aromatic carbocycles. The van der Waals surface area contributed by atoms with Gasteiger partial charge in [-0.15, -0.1) is 7.92 Å². The molecule has 0 bridgehead atoms. The number of benzene rings is 2. The molecule has 0 heterocycles. The lowest BCUT2D eigenvalue weighted by Gasteiger charge is -2.16. The summed E-state index contributed by atoms with van der Waals surface area (Å²) in [6.07, 6.45) is 15.5. The molecule has 0 amide bonds. The van der Waals surface area contributed by atoms with Crippen molar-refractivity contribution in [2.24, 2.45) is 0 Å². The van der Waals surface area contributed by atoms with Crippen LogP contribution in [0.1, 0.15) is 185 Å². The van der Waals surface area contributed by atoms with Crippen LogP contribution in [-0.2, 0) is 0 Å². The van der Waals surface area contributed by atoms with Crippen LogP contribution in [0.5, 0.6) is 0 Å². The van der Waals surface area contributed by atoms with Gasteiger partial charge in [0.05, 0.1) is 19.4 Å². The van der Waals surface area contributed by atoms with Crippen LogP contribution >= 0.6 is 7.92 Å². The Morgan fingerprint density at radius 1 is 0.622 bits per heavy atom. The van der Waals surface area contributed by atoms with Crippen LogP contribution in [0.15, 0.2) is 54.6 Å². The average molecular weight is 676 g/mol. The van der Waals surface area contributed by atoms with Gasteiger partial charge in [0.2, 0.25) is 0 Å². The third kappa shape index (κ3) is 35.2. The molecule has 2 rings (SSSR count). The van der Waals surface area contributed by atoms with E-state index in [0.717, 1.165) is 6.42 Å². The monoisotopic (exact) mass is 675 g/mol. The van der Waals surface area contributed by atoms with Gasteiger partial charge in [-0.05, 0) is 85.7 Å². The molecule has 0 aromatic heterocycles. The van der Waals surface area contributed by atoms with E-state index >= 15 is 0 Å². The fraction of sp³-hybridized carbons (Fsp3) is 0.659. The molecule has 2 aromatic rings. The zero-order valence-electron chi connectivity index (χ0n) is 26.5. The van der Waals surface area contributed by atoms with Crippen molar-refractivity contribution in [3.63, 3.8) is 0 Å². The largest absolute Gasteiger partial charge is 1.00 e. The SMILES string of the molecule is C.C.C.C.C.C.CCC(C)c1ccc(C(=O)O)cc1.CCC(C)c1ccccc1.CCCCP(CCCC)CCCC.[CH2+]C.[Cl-]. The molecule has 0 fully saturated rings. The fourth-order valence-electron chi connectivity index (χ4n) is 3.69. The van der Waals surface area contributed by atoms with Crippen molar-refractivity contribution in [1.82, 2.24) is 0 Å². The second-order valence-corrected chi connectivity index (χ2v) is 12.5. The Morgan fingerprint density at radius 3 is 1.20 bits per heavy atom. The molecule has 0 aliphatic carbocycles. The number of aromatic carboxylic acids is 1. The maximum Gasteiger partial charge on any atom is 0.335 e.